The zero-order valence-corrected chi connectivity index (χ0v) is 15.6. The first-order chi connectivity index (χ1) is 12.1. The second kappa shape index (κ2) is 8.47. The third kappa shape index (κ3) is 4.60. The van der Waals surface area contributed by atoms with E-state index in [1.807, 2.05) is 31.6 Å². The first kappa shape index (κ1) is 17.9. The number of amides is 1. The minimum atomic E-state index is -0.00169. The number of thiophene rings is 1. The van der Waals surface area contributed by atoms with E-state index >= 15 is 0 Å². The van der Waals surface area contributed by atoms with Gasteiger partial charge in [-0.15, -0.1) is 11.3 Å². The van der Waals surface area contributed by atoms with E-state index < -0.39 is 0 Å². The van der Waals surface area contributed by atoms with E-state index in [2.05, 4.69) is 39.4 Å². The van der Waals surface area contributed by atoms with Crippen LogP contribution in [0.25, 0.3) is 0 Å². The van der Waals surface area contributed by atoms with Crippen molar-refractivity contribution in [3.8, 4) is 0 Å². The minimum Gasteiger partial charge on any atom is -0.379 e. The normalized spacial score (nSPS) is 16.4. The largest absolute Gasteiger partial charge is 0.379 e. The highest BCUT2D eigenvalue weighted by Crippen LogP contribution is 2.24. The van der Waals surface area contributed by atoms with Gasteiger partial charge in [0.05, 0.1) is 24.1 Å². The maximum atomic E-state index is 12.3. The molecule has 1 aromatic heterocycles. The Labute approximate surface area is 153 Å². The molecule has 2 heterocycles. The fraction of sp³-hybridized carbons (Fsp3) is 0.421. The van der Waals surface area contributed by atoms with Gasteiger partial charge in [-0.1, -0.05) is 18.2 Å². The molecule has 1 aliphatic rings. The van der Waals surface area contributed by atoms with Crippen molar-refractivity contribution in [2.45, 2.75) is 6.04 Å². The van der Waals surface area contributed by atoms with Gasteiger partial charge in [0.15, 0.2) is 0 Å². The lowest BCUT2D eigenvalue weighted by molar-refractivity contribution is 0.0162. The van der Waals surface area contributed by atoms with Crippen LogP contribution in [0.2, 0.25) is 0 Å². The molecule has 0 saturated carbocycles. The van der Waals surface area contributed by atoms with Crippen molar-refractivity contribution in [3.05, 3.63) is 52.2 Å². The summed E-state index contributed by atoms with van der Waals surface area (Å²) >= 11 is 1.47. The van der Waals surface area contributed by atoms with E-state index in [0.29, 0.717) is 6.54 Å². The number of morpholine rings is 1. The first-order valence-corrected chi connectivity index (χ1v) is 9.44. The molecule has 2 aromatic rings. The lowest BCUT2D eigenvalue weighted by atomic mass is 10.0. The summed E-state index contributed by atoms with van der Waals surface area (Å²) in [6, 6.07) is 12.5. The van der Waals surface area contributed by atoms with Crippen LogP contribution in [-0.4, -0.2) is 57.8 Å². The van der Waals surface area contributed by atoms with Crippen molar-refractivity contribution in [3.63, 3.8) is 0 Å². The van der Waals surface area contributed by atoms with Crippen LogP contribution in [0.15, 0.2) is 41.8 Å². The molecular formula is C19H25N3O2S. The third-order valence-electron chi connectivity index (χ3n) is 4.48. The van der Waals surface area contributed by atoms with Crippen molar-refractivity contribution in [1.82, 2.24) is 10.2 Å². The van der Waals surface area contributed by atoms with E-state index in [1.54, 1.807) is 0 Å². The number of nitrogens with one attached hydrogen (secondary N) is 1. The number of rotatable bonds is 6. The fourth-order valence-electron chi connectivity index (χ4n) is 3.03. The van der Waals surface area contributed by atoms with E-state index in [4.69, 9.17) is 4.74 Å². The Hall–Kier alpha value is -1.89. The molecule has 25 heavy (non-hydrogen) atoms. The second-order valence-corrected chi connectivity index (χ2v) is 7.29. The maximum Gasteiger partial charge on any atom is 0.261 e. The van der Waals surface area contributed by atoms with Gasteiger partial charge in [-0.2, -0.15) is 0 Å². The van der Waals surface area contributed by atoms with Gasteiger partial charge < -0.3 is 15.0 Å². The SMILES string of the molecule is CN(C)c1ccc([C@@H](CNC(=O)c2cccs2)N2CCOCC2)cc1. The Morgan fingerprint density at radius 2 is 1.96 bits per heavy atom. The average molecular weight is 359 g/mol. The molecule has 3 rings (SSSR count). The number of ether oxygens (including phenoxy) is 1. The molecule has 0 spiro atoms. The van der Waals surface area contributed by atoms with Gasteiger partial charge in [-0.25, -0.2) is 0 Å². The van der Waals surface area contributed by atoms with Crippen LogP contribution >= 0.6 is 11.3 Å². The van der Waals surface area contributed by atoms with Crippen LogP contribution in [-0.2, 0) is 4.74 Å². The zero-order valence-electron chi connectivity index (χ0n) is 14.8. The summed E-state index contributed by atoms with van der Waals surface area (Å²) < 4.78 is 5.49. The number of hydrogen-bond donors (Lipinski definition) is 1. The lowest BCUT2D eigenvalue weighted by Gasteiger charge is -2.35. The van der Waals surface area contributed by atoms with Gasteiger partial charge in [-0.05, 0) is 29.1 Å². The zero-order chi connectivity index (χ0) is 17.6. The van der Waals surface area contributed by atoms with Crippen LogP contribution in [0.5, 0.6) is 0 Å². The van der Waals surface area contributed by atoms with Gasteiger partial charge in [0.1, 0.15) is 0 Å². The predicted octanol–water partition coefficient (Wildman–Crippen LogP) is 2.62. The third-order valence-corrected chi connectivity index (χ3v) is 5.35. The minimum absolute atomic E-state index is 0.00169. The standard InChI is InChI=1S/C19H25N3O2S/c1-21(2)16-7-5-15(6-8-16)17(22-9-11-24-12-10-22)14-20-19(23)18-4-3-13-25-18/h3-8,13,17H,9-12,14H2,1-2H3,(H,20,23)/t17-/m1/s1. The summed E-state index contributed by atoms with van der Waals surface area (Å²) in [5.41, 5.74) is 2.39. The van der Waals surface area contributed by atoms with Gasteiger partial charge >= 0.3 is 0 Å². The van der Waals surface area contributed by atoms with Crippen molar-refractivity contribution in [2.24, 2.45) is 0 Å². The van der Waals surface area contributed by atoms with Crippen molar-refractivity contribution in [1.29, 1.82) is 0 Å². The summed E-state index contributed by atoms with van der Waals surface area (Å²) in [5, 5.41) is 5.02. The molecule has 0 radical (unpaired) electrons. The lowest BCUT2D eigenvalue weighted by Crippen LogP contribution is -2.43. The highest BCUT2D eigenvalue weighted by Gasteiger charge is 2.23. The first-order valence-electron chi connectivity index (χ1n) is 8.56. The van der Waals surface area contributed by atoms with Crippen molar-refractivity contribution >= 4 is 22.9 Å². The Bertz CT molecular complexity index is 664. The smallest absolute Gasteiger partial charge is 0.261 e. The summed E-state index contributed by atoms with van der Waals surface area (Å²) in [7, 11) is 4.07. The van der Waals surface area contributed by atoms with Gasteiger partial charge in [0.25, 0.3) is 5.91 Å². The number of benzene rings is 1. The van der Waals surface area contributed by atoms with E-state index in [-0.39, 0.29) is 11.9 Å². The van der Waals surface area contributed by atoms with Gasteiger partial charge in [0.2, 0.25) is 0 Å². The van der Waals surface area contributed by atoms with Crippen LogP contribution < -0.4 is 10.2 Å². The van der Waals surface area contributed by atoms with E-state index in [9.17, 15) is 4.79 Å². The molecule has 1 saturated heterocycles. The quantitative estimate of drug-likeness (QED) is 0.861. The Morgan fingerprint density at radius 3 is 2.56 bits per heavy atom. The summed E-state index contributed by atoms with van der Waals surface area (Å²) in [5.74, 6) is -0.00169. The topological polar surface area (TPSA) is 44.8 Å². The van der Waals surface area contributed by atoms with Crippen molar-refractivity contribution < 1.29 is 9.53 Å². The average Bonchev–Trinajstić information content (AvgIpc) is 3.18. The molecule has 134 valence electrons. The summed E-state index contributed by atoms with van der Waals surface area (Å²) in [6.45, 7) is 3.85. The highest BCUT2D eigenvalue weighted by atomic mass is 32.1. The number of nitrogens with zero attached hydrogens (tertiary/aromatic N) is 2. The molecule has 1 N–H and O–H groups in total. The molecular weight excluding hydrogens is 334 g/mol. The van der Waals surface area contributed by atoms with Crippen LogP contribution in [0.4, 0.5) is 5.69 Å². The van der Waals surface area contributed by atoms with Crippen LogP contribution in [0.3, 0.4) is 0 Å². The Morgan fingerprint density at radius 1 is 1.24 bits per heavy atom. The van der Waals surface area contributed by atoms with Crippen LogP contribution in [0.1, 0.15) is 21.3 Å². The van der Waals surface area contributed by atoms with Crippen molar-refractivity contribution in [2.75, 3.05) is 51.8 Å². The molecule has 5 nitrogen and oxygen atoms in total. The molecule has 1 amide bonds. The summed E-state index contributed by atoms with van der Waals surface area (Å²) in [4.78, 5) is 17.6. The highest BCUT2D eigenvalue weighted by molar-refractivity contribution is 7.12. The van der Waals surface area contributed by atoms with Gasteiger partial charge in [-0.3, -0.25) is 9.69 Å². The number of carbonyl (C=O) groups excluding carboxylic acids is 1. The summed E-state index contributed by atoms with van der Waals surface area (Å²) in [6.07, 6.45) is 0. The molecule has 1 atom stereocenters. The fourth-order valence-corrected chi connectivity index (χ4v) is 3.67. The molecule has 1 aromatic carbocycles. The molecule has 1 aliphatic heterocycles. The molecule has 6 heteroatoms. The van der Waals surface area contributed by atoms with Crippen LogP contribution in [0, 0.1) is 0 Å². The molecule has 0 bridgehead atoms. The van der Waals surface area contributed by atoms with Gasteiger partial charge in [0, 0.05) is 39.4 Å². The molecule has 0 aliphatic carbocycles. The Balaban J connectivity index is 1.73. The second-order valence-electron chi connectivity index (χ2n) is 6.34. The van der Waals surface area contributed by atoms with E-state index in [1.165, 1.54) is 22.6 Å². The van der Waals surface area contributed by atoms with E-state index in [0.717, 1.165) is 31.2 Å². The Kier molecular flexibility index (Phi) is 6.07. The molecule has 1 fully saturated rings. The monoisotopic (exact) mass is 359 g/mol. The maximum absolute atomic E-state index is 12.3. The number of anilines is 1. The molecule has 0 unspecified atom stereocenters. The number of carbonyl (C=O) groups is 1. The number of hydrogen-bond acceptors (Lipinski definition) is 5. The predicted molar refractivity (Wildman–Crippen MR) is 103 cm³/mol.